The van der Waals surface area contributed by atoms with Crippen LogP contribution in [0.1, 0.15) is 0 Å². The quantitative estimate of drug-likeness (QED) is 0.448. The van der Waals surface area contributed by atoms with E-state index in [9.17, 15) is 0 Å². The number of hydrogen-bond acceptors (Lipinski definition) is 3. The Balaban J connectivity index is 0.000000199. The molecule has 0 amide bonds. The van der Waals surface area contributed by atoms with Crippen LogP contribution in [0.5, 0.6) is 0 Å². The molecular formula is C18H19N3. The molecule has 106 valence electrons. The van der Waals surface area contributed by atoms with Crippen LogP contribution in [0, 0.1) is 0 Å². The fourth-order valence-corrected chi connectivity index (χ4v) is 1.97. The summed E-state index contributed by atoms with van der Waals surface area (Å²) in [6.07, 6.45) is 7.25. The van der Waals surface area contributed by atoms with Gasteiger partial charge < -0.3 is 5.32 Å². The predicted molar refractivity (Wildman–Crippen MR) is 90.3 cm³/mol. The lowest BCUT2D eigenvalue weighted by Gasteiger charge is -2.00. The summed E-state index contributed by atoms with van der Waals surface area (Å²) in [6, 6.07) is 12.1. The minimum absolute atomic E-state index is 0.867. The molecule has 0 unspecified atom stereocenters. The summed E-state index contributed by atoms with van der Waals surface area (Å²) in [7, 11) is 0. The Labute approximate surface area is 125 Å². The molecule has 0 radical (unpaired) electrons. The van der Waals surface area contributed by atoms with Crippen molar-refractivity contribution in [1.82, 2.24) is 15.3 Å². The molecular weight excluding hydrogens is 258 g/mol. The molecule has 0 atom stereocenters. The molecule has 0 bridgehead atoms. The molecule has 3 heteroatoms. The van der Waals surface area contributed by atoms with Crippen LogP contribution in [0.3, 0.4) is 0 Å². The monoisotopic (exact) mass is 277 g/mol. The molecule has 1 aromatic carbocycles. The highest BCUT2D eigenvalue weighted by Gasteiger charge is 2.00. The molecule has 3 rings (SSSR count). The van der Waals surface area contributed by atoms with Crippen molar-refractivity contribution in [3.63, 3.8) is 0 Å². The van der Waals surface area contributed by atoms with E-state index in [4.69, 9.17) is 0 Å². The molecule has 2 aromatic heterocycles. The fourth-order valence-electron chi connectivity index (χ4n) is 1.97. The van der Waals surface area contributed by atoms with Gasteiger partial charge in [0.2, 0.25) is 0 Å². The zero-order valence-electron chi connectivity index (χ0n) is 12.0. The van der Waals surface area contributed by atoms with Crippen LogP contribution >= 0.6 is 0 Å². The average molecular weight is 277 g/mol. The summed E-state index contributed by atoms with van der Waals surface area (Å²) in [6.45, 7) is 8.81. The maximum Gasteiger partial charge on any atom is 0.0964 e. The molecule has 3 aromatic rings. The van der Waals surface area contributed by atoms with Crippen LogP contribution in [0.4, 0.5) is 0 Å². The molecule has 0 aliphatic heterocycles. The summed E-state index contributed by atoms with van der Waals surface area (Å²) in [4.78, 5) is 8.69. The van der Waals surface area contributed by atoms with Crippen molar-refractivity contribution in [3.8, 4) is 0 Å². The Morgan fingerprint density at radius 1 is 0.810 bits per heavy atom. The van der Waals surface area contributed by atoms with Crippen molar-refractivity contribution in [2.24, 2.45) is 0 Å². The lowest BCUT2D eigenvalue weighted by molar-refractivity contribution is 0.845. The number of aromatic nitrogens is 2. The molecule has 1 N–H and O–H groups in total. The highest BCUT2D eigenvalue weighted by atomic mass is 14.8. The standard InChI is InChI=1S/C12H8N2.C6H11N/c1-3-9-5-6-10-4-2-8-14-12(10)11(9)13-7-1;1-3-5-7-6-4-2/h1-8H;3-4,7H,1-2,5-6H2. The van der Waals surface area contributed by atoms with E-state index in [0.29, 0.717) is 0 Å². The molecule has 2 heterocycles. The van der Waals surface area contributed by atoms with E-state index in [2.05, 4.69) is 52.7 Å². The molecule has 0 fully saturated rings. The van der Waals surface area contributed by atoms with E-state index in [1.165, 1.54) is 0 Å². The Kier molecular flexibility index (Phi) is 5.61. The summed E-state index contributed by atoms with van der Waals surface area (Å²) in [5, 5.41) is 5.32. The lowest BCUT2D eigenvalue weighted by atomic mass is 10.1. The van der Waals surface area contributed by atoms with Gasteiger partial charge in [-0.15, -0.1) is 13.2 Å². The smallest absolute Gasteiger partial charge is 0.0964 e. The van der Waals surface area contributed by atoms with Gasteiger partial charge in [0.25, 0.3) is 0 Å². The van der Waals surface area contributed by atoms with Gasteiger partial charge >= 0.3 is 0 Å². The van der Waals surface area contributed by atoms with Gasteiger partial charge in [-0.1, -0.05) is 36.4 Å². The number of pyridine rings is 2. The molecule has 0 aliphatic rings. The Morgan fingerprint density at radius 3 is 1.71 bits per heavy atom. The van der Waals surface area contributed by atoms with Gasteiger partial charge in [0, 0.05) is 36.3 Å². The number of fused-ring (bicyclic) bond motifs is 3. The third-order valence-corrected chi connectivity index (χ3v) is 2.92. The largest absolute Gasteiger partial charge is 0.310 e. The molecule has 0 saturated heterocycles. The van der Waals surface area contributed by atoms with Crippen LogP contribution < -0.4 is 5.32 Å². The van der Waals surface area contributed by atoms with Crippen LogP contribution in [-0.4, -0.2) is 23.1 Å². The fraction of sp³-hybridized carbons (Fsp3) is 0.111. The zero-order chi connectivity index (χ0) is 14.9. The first kappa shape index (κ1) is 14.9. The van der Waals surface area contributed by atoms with E-state index >= 15 is 0 Å². The Bertz CT molecular complexity index is 672. The topological polar surface area (TPSA) is 37.8 Å². The molecule has 0 spiro atoms. The predicted octanol–water partition coefficient (Wildman–Crippen LogP) is 3.73. The third kappa shape index (κ3) is 3.97. The van der Waals surface area contributed by atoms with E-state index < -0.39 is 0 Å². The van der Waals surface area contributed by atoms with E-state index in [0.717, 1.165) is 34.9 Å². The molecule has 0 aliphatic carbocycles. The zero-order valence-corrected chi connectivity index (χ0v) is 12.0. The SMILES string of the molecule is C=CCNCC=C.c1cnc2c(c1)ccc1cccnc12. The summed E-state index contributed by atoms with van der Waals surface area (Å²) < 4.78 is 0. The van der Waals surface area contributed by atoms with Crippen molar-refractivity contribution < 1.29 is 0 Å². The number of nitrogens with one attached hydrogen (secondary N) is 1. The van der Waals surface area contributed by atoms with Crippen LogP contribution in [0.2, 0.25) is 0 Å². The molecule has 3 nitrogen and oxygen atoms in total. The number of hydrogen-bond donors (Lipinski definition) is 1. The minimum atomic E-state index is 0.867. The van der Waals surface area contributed by atoms with Gasteiger partial charge in [-0.3, -0.25) is 9.97 Å². The van der Waals surface area contributed by atoms with Crippen molar-refractivity contribution in [1.29, 1.82) is 0 Å². The first-order chi connectivity index (χ1) is 10.4. The van der Waals surface area contributed by atoms with Gasteiger partial charge in [-0.2, -0.15) is 0 Å². The lowest BCUT2D eigenvalue weighted by Crippen LogP contribution is -2.11. The van der Waals surface area contributed by atoms with Crippen LogP contribution in [0.25, 0.3) is 21.8 Å². The third-order valence-electron chi connectivity index (χ3n) is 2.92. The maximum atomic E-state index is 4.35. The van der Waals surface area contributed by atoms with Gasteiger partial charge in [0.15, 0.2) is 0 Å². The van der Waals surface area contributed by atoms with Crippen molar-refractivity contribution in [2.75, 3.05) is 13.1 Å². The highest BCUT2D eigenvalue weighted by molar-refractivity contribution is 6.02. The van der Waals surface area contributed by atoms with Crippen molar-refractivity contribution in [3.05, 3.63) is 74.1 Å². The van der Waals surface area contributed by atoms with Crippen molar-refractivity contribution >= 4 is 21.8 Å². The van der Waals surface area contributed by atoms with E-state index in [1.54, 1.807) is 12.4 Å². The van der Waals surface area contributed by atoms with Gasteiger partial charge in [0.05, 0.1) is 11.0 Å². The normalized spacial score (nSPS) is 9.90. The van der Waals surface area contributed by atoms with Gasteiger partial charge in [-0.25, -0.2) is 0 Å². The van der Waals surface area contributed by atoms with Crippen molar-refractivity contribution in [2.45, 2.75) is 0 Å². The average Bonchev–Trinajstić information content (AvgIpc) is 2.56. The van der Waals surface area contributed by atoms with E-state index in [-0.39, 0.29) is 0 Å². The minimum Gasteiger partial charge on any atom is -0.310 e. The van der Waals surface area contributed by atoms with Crippen LogP contribution in [-0.2, 0) is 0 Å². The number of rotatable bonds is 4. The maximum absolute atomic E-state index is 4.35. The molecule has 0 saturated carbocycles. The Hall–Kier alpha value is -2.52. The first-order valence-corrected chi connectivity index (χ1v) is 6.88. The summed E-state index contributed by atoms with van der Waals surface area (Å²) in [5.74, 6) is 0. The van der Waals surface area contributed by atoms with Crippen LogP contribution in [0.15, 0.2) is 74.1 Å². The number of benzene rings is 1. The number of nitrogens with zero attached hydrogens (tertiary/aromatic N) is 2. The summed E-state index contributed by atoms with van der Waals surface area (Å²) in [5.41, 5.74) is 1.95. The van der Waals surface area contributed by atoms with Gasteiger partial charge in [-0.05, 0) is 12.1 Å². The Morgan fingerprint density at radius 2 is 1.29 bits per heavy atom. The second kappa shape index (κ2) is 7.92. The molecule has 21 heavy (non-hydrogen) atoms. The second-order valence-electron chi connectivity index (χ2n) is 4.45. The van der Waals surface area contributed by atoms with E-state index in [1.807, 2.05) is 24.3 Å². The first-order valence-electron chi connectivity index (χ1n) is 6.88. The van der Waals surface area contributed by atoms with Gasteiger partial charge in [0.1, 0.15) is 0 Å². The highest BCUT2D eigenvalue weighted by Crippen LogP contribution is 2.20. The second-order valence-corrected chi connectivity index (χ2v) is 4.45. The summed E-state index contributed by atoms with van der Waals surface area (Å²) >= 11 is 0.